The fraction of sp³-hybridized carbons (Fsp3) is 0.692. The van der Waals surface area contributed by atoms with Gasteiger partial charge >= 0.3 is 0 Å². The van der Waals surface area contributed by atoms with Gasteiger partial charge in [0.2, 0.25) is 0 Å². The Balaban J connectivity index is 2.03. The lowest BCUT2D eigenvalue weighted by Crippen LogP contribution is -2.43. The van der Waals surface area contributed by atoms with E-state index >= 15 is 0 Å². The summed E-state index contributed by atoms with van der Waals surface area (Å²) >= 11 is 0. The van der Waals surface area contributed by atoms with Gasteiger partial charge in [-0.1, -0.05) is 6.92 Å². The number of hydrogen-bond acceptors (Lipinski definition) is 4. The molecule has 3 N–H and O–H groups in total. The van der Waals surface area contributed by atoms with E-state index in [1.165, 1.54) is 0 Å². The molecule has 1 aliphatic heterocycles. The van der Waals surface area contributed by atoms with Crippen LogP contribution in [0.2, 0.25) is 0 Å². The van der Waals surface area contributed by atoms with E-state index in [1.807, 2.05) is 11.8 Å². The van der Waals surface area contributed by atoms with Gasteiger partial charge in [0.25, 0.3) is 5.91 Å². The van der Waals surface area contributed by atoms with Gasteiger partial charge in [0.15, 0.2) is 5.82 Å². The number of carbonyl (C=O) groups is 1. The summed E-state index contributed by atoms with van der Waals surface area (Å²) in [6, 6.07) is 0. The first-order valence-corrected chi connectivity index (χ1v) is 6.84. The second kappa shape index (κ2) is 6.06. The molecule has 1 fully saturated rings. The Morgan fingerprint density at radius 2 is 2.42 bits per heavy atom. The molecule has 1 amide bonds. The predicted octanol–water partition coefficient (Wildman–Crippen LogP) is 1.33. The first-order chi connectivity index (χ1) is 9.13. The third-order valence-electron chi connectivity index (χ3n) is 3.41. The Kier molecular flexibility index (Phi) is 4.42. The highest BCUT2D eigenvalue weighted by Gasteiger charge is 2.27. The number of nitrogen functional groups attached to an aromatic ring is 1. The first-order valence-electron chi connectivity index (χ1n) is 6.84. The lowest BCUT2D eigenvalue weighted by atomic mass is 10.1. The number of ether oxygens (including phenoxy) is 1. The fourth-order valence-corrected chi connectivity index (χ4v) is 2.42. The molecule has 6 heteroatoms. The summed E-state index contributed by atoms with van der Waals surface area (Å²) in [4.78, 5) is 14.3. The van der Waals surface area contributed by atoms with Crippen LogP contribution in [0.25, 0.3) is 0 Å². The van der Waals surface area contributed by atoms with Crippen LogP contribution in [-0.4, -0.2) is 46.8 Å². The molecule has 2 heterocycles. The number of aromatic nitrogens is 2. The second-order valence-electron chi connectivity index (χ2n) is 5.00. The topological polar surface area (TPSA) is 84.2 Å². The van der Waals surface area contributed by atoms with Crippen molar-refractivity contribution in [2.75, 3.05) is 25.4 Å². The van der Waals surface area contributed by atoms with Crippen LogP contribution in [-0.2, 0) is 4.74 Å². The number of anilines is 1. The van der Waals surface area contributed by atoms with Gasteiger partial charge in [-0.05, 0) is 26.2 Å². The van der Waals surface area contributed by atoms with E-state index in [4.69, 9.17) is 10.5 Å². The number of H-pyrrole nitrogens is 1. The standard InChI is InChI=1S/C13H22N4O2/c1-3-7-19-10-5-4-6-17(8-10)13(18)11-9(2)15-16-12(11)14/h10H,3-8H2,1-2H3,(H3,14,15,16). The van der Waals surface area contributed by atoms with Crippen molar-refractivity contribution in [1.82, 2.24) is 15.1 Å². The molecule has 19 heavy (non-hydrogen) atoms. The van der Waals surface area contributed by atoms with Crippen molar-refractivity contribution in [1.29, 1.82) is 0 Å². The molecule has 0 bridgehead atoms. The van der Waals surface area contributed by atoms with Gasteiger partial charge < -0.3 is 15.4 Å². The van der Waals surface area contributed by atoms with Crippen LogP contribution in [0.4, 0.5) is 5.82 Å². The van der Waals surface area contributed by atoms with Gasteiger partial charge in [0, 0.05) is 25.4 Å². The van der Waals surface area contributed by atoms with E-state index in [-0.39, 0.29) is 17.8 Å². The number of nitrogens with one attached hydrogen (secondary N) is 1. The molecule has 1 aliphatic rings. The zero-order valence-corrected chi connectivity index (χ0v) is 11.6. The van der Waals surface area contributed by atoms with Gasteiger partial charge in [-0.2, -0.15) is 5.10 Å². The Hall–Kier alpha value is -1.56. The molecule has 1 aromatic heterocycles. The molecule has 0 aromatic carbocycles. The Morgan fingerprint density at radius 1 is 1.63 bits per heavy atom. The second-order valence-corrected chi connectivity index (χ2v) is 5.00. The van der Waals surface area contributed by atoms with Gasteiger partial charge in [-0.15, -0.1) is 0 Å². The van der Waals surface area contributed by atoms with Crippen molar-refractivity contribution in [2.45, 2.75) is 39.2 Å². The number of aromatic amines is 1. The average Bonchev–Trinajstić information content (AvgIpc) is 2.75. The van der Waals surface area contributed by atoms with Gasteiger partial charge in [0.05, 0.1) is 6.10 Å². The van der Waals surface area contributed by atoms with Crippen LogP contribution < -0.4 is 5.73 Å². The summed E-state index contributed by atoms with van der Waals surface area (Å²) in [6.45, 7) is 6.05. The number of nitrogens with two attached hydrogens (primary N) is 1. The molecule has 0 radical (unpaired) electrons. The quantitative estimate of drug-likeness (QED) is 0.861. The van der Waals surface area contributed by atoms with E-state index < -0.39 is 0 Å². The average molecular weight is 266 g/mol. The largest absolute Gasteiger partial charge is 0.382 e. The fourth-order valence-electron chi connectivity index (χ4n) is 2.42. The predicted molar refractivity (Wildman–Crippen MR) is 72.9 cm³/mol. The maximum atomic E-state index is 12.5. The molecule has 1 unspecified atom stereocenters. The smallest absolute Gasteiger partial charge is 0.259 e. The number of rotatable bonds is 4. The van der Waals surface area contributed by atoms with Crippen LogP contribution in [0.1, 0.15) is 42.2 Å². The highest BCUT2D eigenvalue weighted by molar-refractivity contribution is 5.99. The summed E-state index contributed by atoms with van der Waals surface area (Å²) in [5, 5.41) is 6.62. The van der Waals surface area contributed by atoms with E-state index in [0.717, 1.165) is 38.1 Å². The Morgan fingerprint density at radius 3 is 3.05 bits per heavy atom. The molecule has 0 saturated carbocycles. The van der Waals surface area contributed by atoms with Crippen LogP contribution in [0.5, 0.6) is 0 Å². The normalized spacial score (nSPS) is 19.7. The number of aryl methyl sites for hydroxylation is 1. The van der Waals surface area contributed by atoms with Gasteiger partial charge in [0.1, 0.15) is 5.56 Å². The molecule has 106 valence electrons. The van der Waals surface area contributed by atoms with Crippen LogP contribution in [0, 0.1) is 6.92 Å². The van der Waals surface area contributed by atoms with Crippen molar-refractivity contribution in [3.63, 3.8) is 0 Å². The molecule has 1 saturated heterocycles. The van der Waals surface area contributed by atoms with Crippen LogP contribution >= 0.6 is 0 Å². The van der Waals surface area contributed by atoms with Crippen LogP contribution in [0.3, 0.4) is 0 Å². The number of hydrogen-bond donors (Lipinski definition) is 2. The van der Waals surface area contributed by atoms with E-state index in [1.54, 1.807) is 0 Å². The zero-order valence-electron chi connectivity index (χ0n) is 11.6. The van der Waals surface area contributed by atoms with Crippen LogP contribution in [0.15, 0.2) is 0 Å². The number of amides is 1. The van der Waals surface area contributed by atoms with E-state index in [0.29, 0.717) is 12.1 Å². The van der Waals surface area contributed by atoms with Crippen molar-refractivity contribution in [2.24, 2.45) is 0 Å². The van der Waals surface area contributed by atoms with E-state index in [2.05, 4.69) is 17.1 Å². The molecular formula is C13H22N4O2. The van der Waals surface area contributed by atoms with Gasteiger partial charge in [-0.25, -0.2) is 0 Å². The number of carbonyl (C=O) groups excluding carboxylic acids is 1. The summed E-state index contributed by atoms with van der Waals surface area (Å²) < 4.78 is 5.74. The minimum Gasteiger partial charge on any atom is -0.382 e. The lowest BCUT2D eigenvalue weighted by Gasteiger charge is -2.32. The minimum atomic E-state index is -0.0476. The number of likely N-dealkylation sites (tertiary alicyclic amines) is 1. The monoisotopic (exact) mass is 266 g/mol. The molecule has 1 atom stereocenters. The lowest BCUT2D eigenvalue weighted by molar-refractivity contribution is 0.00212. The molecular weight excluding hydrogens is 244 g/mol. The molecule has 6 nitrogen and oxygen atoms in total. The highest BCUT2D eigenvalue weighted by Crippen LogP contribution is 2.20. The highest BCUT2D eigenvalue weighted by atomic mass is 16.5. The van der Waals surface area contributed by atoms with Gasteiger partial charge in [-0.3, -0.25) is 9.89 Å². The molecule has 1 aromatic rings. The minimum absolute atomic E-state index is 0.0476. The third-order valence-corrected chi connectivity index (χ3v) is 3.41. The maximum absolute atomic E-state index is 12.5. The molecule has 0 spiro atoms. The number of nitrogens with zero attached hydrogens (tertiary/aromatic N) is 2. The first kappa shape index (κ1) is 13.9. The number of piperidine rings is 1. The van der Waals surface area contributed by atoms with Crippen molar-refractivity contribution in [3.05, 3.63) is 11.3 Å². The van der Waals surface area contributed by atoms with Crippen molar-refractivity contribution in [3.8, 4) is 0 Å². The zero-order chi connectivity index (χ0) is 13.8. The SMILES string of the molecule is CCCOC1CCCN(C(=O)c2c(N)n[nH]c2C)C1. The Labute approximate surface area is 113 Å². The molecule has 0 aliphatic carbocycles. The van der Waals surface area contributed by atoms with Crippen molar-refractivity contribution < 1.29 is 9.53 Å². The molecule has 2 rings (SSSR count). The van der Waals surface area contributed by atoms with Crippen molar-refractivity contribution >= 4 is 11.7 Å². The maximum Gasteiger partial charge on any atom is 0.259 e. The summed E-state index contributed by atoms with van der Waals surface area (Å²) in [5.41, 5.74) is 6.96. The summed E-state index contributed by atoms with van der Waals surface area (Å²) in [6.07, 6.45) is 3.13. The Bertz CT molecular complexity index is 424. The summed E-state index contributed by atoms with van der Waals surface area (Å²) in [7, 11) is 0. The third kappa shape index (κ3) is 3.07. The van der Waals surface area contributed by atoms with E-state index in [9.17, 15) is 4.79 Å². The summed E-state index contributed by atoms with van der Waals surface area (Å²) in [5.74, 6) is 0.229.